The molecule has 0 saturated carbocycles. The lowest BCUT2D eigenvalue weighted by molar-refractivity contribution is -0.119. The second-order valence-corrected chi connectivity index (χ2v) is 5.24. The molecule has 2 rings (SSSR count). The molecule has 1 fully saturated rings. The van der Waals surface area contributed by atoms with Crippen LogP contribution in [0.1, 0.15) is 26.2 Å². The lowest BCUT2D eigenvalue weighted by atomic mass is 10.1. The number of benzene rings is 1. The van der Waals surface area contributed by atoms with E-state index in [0.29, 0.717) is 23.8 Å². The third-order valence-electron chi connectivity index (χ3n) is 3.63. The smallest absolute Gasteiger partial charge is 0.228 e. The molecule has 2 N–H and O–H groups in total. The fourth-order valence-corrected chi connectivity index (χ4v) is 2.30. The van der Waals surface area contributed by atoms with Crippen LogP contribution in [0.3, 0.4) is 0 Å². The van der Waals surface area contributed by atoms with Crippen LogP contribution in [0.2, 0.25) is 0 Å². The summed E-state index contributed by atoms with van der Waals surface area (Å²) in [6, 6.07) is 5.49. The van der Waals surface area contributed by atoms with Crippen molar-refractivity contribution in [2.75, 3.05) is 32.1 Å². The van der Waals surface area contributed by atoms with Crippen LogP contribution in [0.5, 0.6) is 11.5 Å². The van der Waals surface area contributed by atoms with E-state index in [1.54, 1.807) is 7.11 Å². The van der Waals surface area contributed by atoms with Gasteiger partial charge in [-0.05, 0) is 31.5 Å². The zero-order chi connectivity index (χ0) is 15.1. The lowest BCUT2D eigenvalue weighted by Crippen LogP contribution is -2.25. The van der Waals surface area contributed by atoms with Gasteiger partial charge in [0.2, 0.25) is 5.91 Å². The minimum absolute atomic E-state index is 0. The van der Waals surface area contributed by atoms with Gasteiger partial charge in [0.05, 0.1) is 25.3 Å². The zero-order valence-electron chi connectivity index (χ0n) is 13.2. The molecule has 1 aliphatic rings. The Balaban J connectivity index is 0.00000242. The first-order valence-corrected chi connectivity index (χ1v) is 7.57. The molecule has 0 spiro atoms. The number of methoxy groups -OCH3 is 1. The molecule has 22 heavy (non-hydrogen) atoms. The number of rotatable bonds is 7. The fourth-order valence-electron chi connectivity index (χ4n) is 2.30. The molecular formula is C16H25ClN2O3. The molecule has 0 radical (unpaired) electrons. The molecule has 0 aliphatic carbocycles. The number of amides is 1. The second kappa shape index (κ2) is 9.54. The van der Waals surface area contributed by atoms with Crippen molar-refractivity contribution in [3.63, 3.8) is 0 Å². The van der Waals surface area contributed by atoms with E-state index >= 15 is 0 Å². The normalized spacial score (nSPS) is 16.7. The molecule has 124 valence electrons. The molecular weight excluding hydrogens is 304 g/mol. The van der Waals surface area contributed by atoms with E-state index in [1.807, 2.05) is 18.2 Å². The largest absolute Gasteiger partial charge is 0.497 e. The van der Waals surface area contributed by atoms with Crippen LogP contribution in [-0.2, 0) is 4.79 Å². The summed E-state index contributed by atoms with van der Waals surface area (Å²) >= 11 is 0. The van der Waals surface area contributed by atoms with Gasteiger partial charge in [-0.1, -0.05) is 13.3 Å². The van der Waals surface area contributed by atoms with Crippen LogP contribution in [0.25, 0.3) is 0 Å². The van der Waals surface area contributed by atoms with E-state index in [-0.39, 0.29) is 24.2 Å². The number of hydrogen-bond donors (Lipinski definition) is 2. The summed E-state index contributed by atoms with van der Waals surface area (Å²) in [4.78, 5) is 12.2. The predicted molar refractivity (Wildman–Crippen MR) is 90.3 cm³/mol. The zero-order valence-corrected chi connectivity index (χ0v) is 14.0. The summed E-state index contributed by atoms with van der Waals surface area (Å²) in [5.74, 6) is 1.47. The molecule has 1 atom stereocenters. The van der Waals surface area contributed by atoms with Crippen molar-refractivity contribution in [3.05, 3.63) is 18.2 Å². The van der Waals surface area contributed by atoms with E-state index in [1.165, 1.54) is 0 Å². The van der Waals surface area contributed by atoms with Gasteiger partial charge in [0, 0.05) is 12.6 Å². The van der Waals surface area contributed by atoms with Crippen LogP contribution < -0.4 is 20.1 Å². The number of halogens is 1. The van der Waals surface area contributed by atoms with Crippen LogP contribution in [0, 0.1) is 5.92 Å². The standard InChI is InChI=1S/C16H24N2O3.ClH/c1-3-4-9-21-15-6-5-13(20-2)10-14(15)18-16(19)12-7-8-17-11-12;/h5-6,10,12,17H,3-4,7-9,11H2,1-2H3,(H,18,19);1H. The first-order valence-electron chi connectivity index (χ1n) is 7.57. The van der Waals surface area contributed by atoms with Gasteiger partial charge in [-0.3, -0.25) is 4.79 Å². The van der Waals surface area contributed by atoms with Gasteiger partial charge < -0.3 is 20.1 Å². The summed E-state index contributed by atoms with van der Waals surface area (Å²) in [5, 5.41) is 6.17. The summed E-state index contributed by atoms with van der Waals surface area (Å²) in [6.07, 6.45) is 2.94. The molecule has 5 nitrogen and oxygen atoms in total. The topological polar surface area (TPSA) is 59.6 Å². The first kappa shape index (κ1) is 18.6. The number of anilines is 1. The predicted octanol–water partition coefficient (Wildman–Crippen LogP) is 2.84. The average molecular weight is 329 g/mol. The number of nitrogens with one attached hydrogen (secondary N) is 2. The van der Waals surface area contributed by atoms with Gasteiger partial charge in [0.1, 0.15) is 11.5 Å². The van der Waals surface area contributed by atoms with Crippen molar-refractivity contribution in [2.24, 2.45) is 5.92 Å². The number of ether oxygens (including phenoxy) is 2. The molecule has 1 aliphatic heterocycles. The highest BCUT2D eigenvalue weighted by Gasteiger charge is 2.23. The van der Waals surface area contributed by atoms with Crippen LogP contribution in [0.4, 0.5) is 5.69 Å². The minimum Gasteiger partial charge on any atom is -0.497 e. The molecule has 1 aromatic rings. The van der Waals surface area contributed by atoms with Crippen LogP contribution in [0.15, 0.2) is 18.2 Å². The number of hydrogen-bond acceptors (Lipinski definition) is 4. The van der Waals surface area contributed by atoms with Gasteiger partial charge in [0.15, 0.2) is 0 Å². The molecule has 1 amide bonds. The van der Waals surface area contributed by atoms with Gasteiger partial charge >= 0.3 is 0 Å². The molecule has 1 saturated heterocycles. The average Bonchev–Trinajstić information content (AvgIpc) is 3.03. The first-order chi connectivity index (χ1) is 10.2. The summed E-state index contributed by atoms with van der Waals surface area (Å²) in [6.45, 7) is 4.40. The Morgan fingerprint density at radius 3 is 2.91 bits per heavy atom. The maximum absolute atomic E-state index is 12.2. The number of carbonyl (C=O) groups excluding carboxylic acids is 1. The maximum Gasteiger partial charge on any atom is 0.228 e. The van der Waals surface area contributed by atoms with Crippen molar-refractivity contribution in [3.8, 4) is 11.5 Å². The Kier molecular flexibility index (Phi) is 8.06. The highest BCUT2D eigenvalue weighted by atomic mass is 35.5. The molecule has 1 unspecified atom stereocenters. The summed E-state index contributed by atoms with van der Waals surface area (Å²) in [5.41, 5.74) is 0.683. The van der Waals surface area contributed by atoms with Gasteiger partial charge in [-0.2, -0.15) is 0 Å². The van der Waals surface area contributed by atoms with Crippen molar-refractivity contribution >= 4 is 24.0 Å². The van der Waals surface area contributed by atoms with Crippen molar-refractivity contribution < 1.29 is 14.3 Å². The minimum atomic E-state index is 0. The molecule has 1 heterocycles. The molecule has 0 aromatic heterocycles. The molecule has 6 heteroatoms. The van der Waals surface area contributed by atoms with Crippen molar-refractivity contribution in [1.29, 1.82) is 0 Å². The van der Waals surface area contributed by atoms with Crippen LogP contribution in [-0.4, -0.2) is 32.7 Å². The Labute approximate surface area is 138 Å². The van der Waals surface area contributed by atoms with Crippen molar-refractivity contribution in [1.82, 2.24) is 5.32 Å². The van der Waals surface area contributed by atoms with Gasteiger partial charge in [-0.15, -0.1) is 12.4 Å². The third-order valence-corrected chi connectivity index (χ3v) is 3.63. The summed E-state index contributed by atoms with van der Waals surface area (Å²) < 4.78 is 11.0. The highest BCUT2D eigenvalue weighted by molar-refractivity contribution is 5.94. The van der Waals surface area contributed by atoms with E-state index < -0.39 is 0 Å². The maximum atomic E-state index is 12.2. The van der Waals surface area contributed by atoms with E-state index in [2.05, 4.69) is 17.6 Å². The van der Waals surface area contributed by atoms with Gasteiger partial charge in [-0.25, -0.2) is 0 Å². The second-order valence-electron chi connectivity index (χ2n) is 5.24. The SMILES string of the molecule is CCCCOc1ccc(OC)cc1NC(=O)C1CCNC1.Cl. The fraction of sp³-hybridized carbons (Fsp3) is 0.562. The van der Waals surface area contributed by atoms with Crippen molar-refractivity contribution in [2.45, 2.75) is 26.2 Å². The van der Waals surface area contributed by atoms with E-state index in [4.69, 9.17) is 9.47 Å². The highest BCUT2D eigenvalue weighted by Crippen LogP contribution is 2.30. The third kappa shape index (κ3) is 5.07. The number of carbonyl (C=O) groups is 1. The van der Waals surface area contributed by atoms with Crippen LogP contribution >= 0.6 is 12.4 Å². The Morgan fingerprint density at radius 1 is 1.45 bits per heavy atom. The quantitative estimate of drug-likeness (QED) is 0.756. The van der Waals surface area contributed by atoms with E-state index in [9.17, 15) is 4.79 Å². The monoisotopic (exact) mass is 328 g/mol. The summed E-state index contributed by atoms with van der Waals surface area (Å²) in [7, 11) is 1.61. The lowest BCUT2D eigenvalue weighted by Gasteiger charge is -2.15. The Bertz CT molecular complexity index is 476. The Morgan fingerprint density at radius 2 is 2.27 bits per heavy atom. The van der Waals surface area contributed by atoms with Gasteiger partial charge in [0.25, 0.3) is 0 Å². The van der Waals surface area contributed by atoms with E-state index in [0.717, 1.165) is 32.4 Å². The molecule has 1 aromatic carbocycles. The Hall–Kier alpha value is -1.46. The molecule has 0 bridgehead atoms. The number of unbranched alkanes of at least 4 members (excludes halogenated alkanes) is 1.